The maximum Gasteiger partial charge on any atom is 0.328 e. The first-order chi connectivity index (χ1) is 9.17. The summed E-state index contributed by atoms with van der Waals surface area (Å²) in [4.78, 5) is 20.7. The molecule has 6 nitrogen and oxygen atoms in total. The van der Waals surface area contributed by atoms with Crippen molar-refractivity contribution >= 4 is 18.0 Å². The average molecular weight is 263 g/mol. The summed E-state index contributed by atoms with van der Waals surface area (Å²) in [7, 11) is 1.63. The van der Waals surface area contributed by atoms with Gasteiger partial charge in [-0.25, -0.2) is 14.8 Å². The highest BCUT2D eigenvalue weighted by atomic mass is 16.5. The van der Waals surface area contributed by atoms with Gasteiger partial charge < -0.3 is 14.7 Å². The van der Waals surface area contributed by atoms with Crippen LogP contribution in [-0.4, -0.2) is 47.8 Å². The van der Waals surface area contributed by atoms with E-state index in [0.717, 1.165) is 6.08 Å². The summed E-state index contributed by atoms with van der Waals surface area (Å²) in [6.45, 7) is 5.53. The topological polar surface area (TPSA) is 75.5 Å². The number of carboxylic acid groups (broad SMARTS) is 1. The minimum absolute atomic E-state index is 0.560. The standard InChI is InChI=1S/C13H17N3O3/c1-3-6-16(7-8-19-2)13-14-9-11(10-15-13)4-5-12(17)18/h3-5,9-10H,1,6-8H2,2H3,(H,17,18)/b5-4+. The fourth-order valence-corrected chi connectivity index (χ4v) is 1.38. The van der Waals surface area contributed by atoms with E-state index in [0.29, 0.717) is 31.2 Å². The third-order valence-electron chi connectivity index (χ3n) is 2.27. The summed E-state index contributed by atoms with van der Waals surface area (Å²) in [5.74, 6) is -0.443. The van der Waals surface area contributed by atoms with E-state index in [-0.39, 0.29) is 0 Å². The fourth-order valence-electron chi connectivity index (χ4n) is 1.38. The van der Waals surface area contributed by atoms with Crippen molar-refractivity contribution in [2.45, 2.75) is 0 Å². The lowest BCUT2D eigenvalue weighted by atomic mass is 10.3. The van der Waals surface area contributed by atoms with Crippen LogP contribution < -0.4 is 4.90 Å². The first-order valence-electron chi connectivity index (χ1n) is 5.75. The van der Waals surface area contributed by atoms with Crippen molar-refractivity contribution in [3.8, 4) is 0 Å². The first kappa shape index (κ1) is 14.8. The Morgan fingerprint density at radius 3 is 2.74 bits per heavy atom. The van der Waals surface area contributed by atoms with E-state index >= 15 is 0 Å². The Kier molecular flexibility index (Phi) is 6.25. The van der Waals surface area contributed by atoms with Gasteiger partial charge in [0.15, 0.2) is 0 Å². The molecule has 0 aliphatic rings. The molecule has 0 aliphatic carbocycles. The van der Waals surface area contributed by atoms with Crippen molar-refractivity contribution < 1.29 is 14.6 Å². The van der Waals surface area contributed by atoms with Crippen LogP contribution >= 0.6 is 0 Å². The average Bonchev–Trinajstić information content (AvgIpc) is 2.42. The number of anilines is 1. The maximum absolute atomic E-state index is 10.4. The highest BCUT2D eigenvalue weighted by molar-refractivity contribution is 5.85. The molecule has 0 fully saturated rings. The zero-order chi connectivity index (χ0) is 14.1. The number of ether oxygens (including phenoxy) is 1. The van der Waals surface area contributed by atoms with E-state index in [9.17, 15) is 4.79 Å². The van der Waals surface area contributed by atoms with E-state index in [1.54, 1.807) is 25.6 Å². The van der Waals surface area contributed by atoms with Crippen LogP contribution in [0.5, 0.6) is 0 Å². The highest BCUT2D eigenvalue weighted by Gasteiger charge is 2.07. The van der Waals surface area contributed by atoms with Crippen LogP contribution in [-0.2, 0) is 9.53 Å². The molecule has 0 spiro atoms. The first-order valence-corrected chi connectivity index (χ1v) is 5.75. The Labute approximate surface area is 112 Å². The zero-order valence-corrected chi connectivity index (χ0v) is 10.8. The van der Waals surface area contributed by atoms with E-state index in [4.69, 9.17) is 9.84 Å². The van der Waals surface area contributed by atoms with Crippen molar-refractivity contribution in [1.29, 1.82) is 0 Å². The Hall–Kier alpha value is -2.21. The molecule has 1 aromatic heterocycles. The summed E-state index contributed by atoms with van der Waals surface area (Å²) in [5, 5.41) is 8.52. The number of hydrogen-bond donors (Lipinski definition) is 1. The van der Waals surface area contributed by atoms with Gasteiger partial charge in [0.1, 0.15) is 0 Å². The molecule has 19 heavy (non-hydrogen) atoms. The quantitative estimate of drug-likeness (QED) is 0.561. The number of rotatable bonds is 8. The van der Waals surface area contributed by atoms with Gasteiger partial charge in [0, 0.05) is 44.2 Å². The van der Waals surface area contributed by atoms with E-state index in [2.05, 4.69) is 16.5 Å². The minimum Gasteiger partial charge on any atom is -0.478 e. The van der Waals surface area contributed by atoms with Gasteiger partial charge >= 0.3 is 5.97 Å². The third-order valence-corrected chi connectivity index (χ3v) is 2.27. The molecular weight excluding hydrogens is 246 g/mol. The molecule has 0 saturated carbocycles. The van der Waals surface area contributed by atoms with Crippen LogP contribution in [0.3, 0.4) is 0 Å². The lowest BCUT2D eigenvalue weighted by molar-refractivity contribution is -0.131. The number of carbonyl (C=O) groups is 1. The number of aliphatic carboxylic acids is 1. The van der Waals surface area contributed by atoms with Gasteiger partial charge in [0.25, 0.3) is 0 Å². The molecule has 0 aromatic carbocycles. The molecule has 1 heterocycles. The largest absolute Gasteiger partial charge is 0.478 e. The fraction of sp³-hybridized carbons (Fsp3) is 0.308. The molecule has 0 bridgehead atoms. The molecule has 1 rings (SSSR count). The van der Waals surface area contributed by atoms with Gasteiger partial charge in [-0.05, 0) is 6.08 Å². The molecule has 6 heteroatoms. The Bertz CT molecular complexity index is 443. The summed E-state index contributed by atoms with van der Waals surface area (Å²) in [6, 6.07) is 0. The number of aromatic nitrogens is 2. The van der Waals surface area contributed by atoms with Gasteiger partial charge in [-0.3, -0.25) is 0 Å². The minimum atomic E-state index is -1.00. The predicted molar refractivity (Wildman–Crippen MR) is 73.0 cm³/mol. The lowest BCUT2D eigenvalue weighted by Crippen LogP contribution is -2.29. The number of nitrogens with zero attached hydrogens (tertiary/aromatic N) is 3. The van der Waals surface area contributed by atoms with Crippen molar-refractivity contribution in [2.75, 3.05) is 31.7 Å². The van der Waals surface area contributed by atoms with Crippen molar-refractivity contribution in [3.05, 3.63) is 36.7 Å². The number of methoxy groups -OCH3 is 1. The van der Waals surface area contributed by atoms with Crippen LogP contribution in [0.4, 0.5) is 5.95 Å². The SMILES string of the molecule is C=CCN(CCOC)c1ncc(/C=C/C(=O)O)cn1. The lowest BCUT2D eigenvalue weighted by Gasteiger charge is -2.20. The third kappa shape index (κ3) is 5.31. The second-order valence-electron chi connectivity index (χ2n) is 3.72. The summed E-state index contributed by atoms with van der Waals surface area (Å²) >= 11 is 0. The van der Waals surface area contributed by atoms with Crippen LogP contribution in [0, 0.1) is 0 Å². The van der Waals surface area contributed by atoms with Crippen molar-refractivity contribution in [1.82, 2.24) is 9.97 Å². The number of carboxylic acids is 1. The van der Waals surface area contributed by atoms with Gasteiger partial charge in [-0.15, -0.1) is 6.58 Å². The van der Waals surface area contributed by atoms with Gasteiger partial charge in [-0.2, -0.15) is 0 Å². The molecule has 1 N–H and O–H groups in total. The van der Waals surface area contributed by atoms with Crippen LogP contribution in [0.15, 0.2) is 31.1 Å². The Morgan fingerprint density at radius 1 is 1.53 bits per heavy atom. The molecule has 0 atom stereocenters. The Balaban J connectivity index is 2.76. The van der Waals surface area contributed by atoms with Gasteiger partial charge in [-0.1, -0.05) is 6.08 Å². The maximum atomic E-state index is 10.4. The summed E-state index contributed by atoms with van der Waals surface area (Å²) in [5.41, 5.74) is 0.636. The highest BCUT2D eigenvalue weighted by Crippen LogP contribution is 2.08. The number of hydrogen-bond acceptors (Lipinski definition) is 5. The zero-order valence-electron chi connectivity index (χ0n) is 10.8. The van der Waals surface area contributed by atoms with Crippen LogP contribution in [0.1, 0.15) is 5.56 Å². The molecule has 0 aliphatic heterocycles. The van der Waals surface area contributed by atoms with Gasteiger partial charge in [0.2, 0.25) is 5.95 Å². The molecule has 0 radical (unpaired) electrons. The Morgan fingerprint density at radius 2 is 2.21 bits per heavy atom. The van der Waals surface area contributed by atoms with E-state index in [1.807, 2.05) is 4.90 Å². The summed E-state index contributed by atoms with van der Waals surface area (Å²) < 4.78 is 5.02. The molecule has 0 unspecified atom stereocenters. The van der Waals surface area contributed by atoms with Crippen molar-refractivity contribution in [2.24, 2.45) is 0 Å². The molecular formula is C13H17N3O3. The molecule has 102 valence electrons. The van der Waals surface area contributed by atoms with E-state index < -0.39 is 5.97 Å². The molecule has 0 amide bonds. The van der Waals surface area contributed by atoms with Crippen LogP contribution in [0.2, 0.25) is 0 Å². The smallest absolute Gasteiger partial charge is 0.328 e. The van der Waals surface area contributed by atoms with E-state index in [1.165, 1.54) is 6.08 Å². The van der Waals surface area contributed by atoms with Gasteiger partial charge in [0.05, 0.1) is 6.61 Å². The van der Waals surface area contributed by atoms with Crippen molar-refractivity contribution in [3.63, 3.8) is 0 Å². The summed E-state index contributed by atoms with van der Waals surface area (Å²) in [6.07, 6.45) is 7.40. The second kappa shape index (κ2) is 7.99. The normalized spacial score (nSPS) is 10.6. The monoisotopic (exact) mass is 263 g/mol. The predicted octanol–water partition coefficient (Wildman–Crippen LogP) is 1.21. The molecule has 1 aromatic rings. The van der Waals surface area contributed by atoms with Crippen LogP contribution in [0.25, 0.3) is 6.08 Å². The second-order valence-corrected chi connectivity index (χ2v) is 3.72. The molecule has 0 saturated heterocycles.